The number of hydrogen-bond donors (Lipinski definition) is 0. The van der Waals surface area contributed by atoms with Crippen molar-refractivity contribution in [3.8, 4) is 33.4 Å². The van der Waals surface area contributed by atoms with Crippen LogP contribution >= 0.6 is 0 Å². The molecular weight excluding hydrogens is 468 g/mol. The molecule has 0 heteroatoms. The minimum atomic E-state index is 0.958. The fraction of sp³-hybridized carbons (Fsp3) is 0.0769. The Labute approximate surface area is 229 Å². The van der Waals surface area contributed by atoms with Crippen LogP contribution in [0.15, 0.2) is 145 Å². The Bertz CT molecular complexity index is 1950. The maximum absolute atomic E-state index is 2.43. The van der Waals surface area contributed by atoms with E-state index in [-0.39, 0.29) is 0 Å². The highest BCUT2D eigenvalue weighted by Gasteiger charge is 2.27. The van der Waals surface area contributed by atoms with Gasteiger partial charge in [-0.2, -0.15) is 0 Å². The molecule has 6 aromatic rings. The van der Waals surface area contributed by atoms with E-state index in [1.807, 2.05) is 0 Å². The molecule has 0 saturated carbocycles. The molecule has 0 nitrogen and oxygen atoms in total. The van der Waals surface area contributed by atoms with Gasteiger partial charge in [-0.05, 0) is 103 Å². The predicted molar refractivity (Wildman–Crippen MR) is 166 cm³/mol. The largest absolute Gasteiger partial charge is 0.0802 e. The lowest BCUT2D eigenvalue weighted by atomic mass is 9.76. The van der Waals surface area contributed by atoms with Crippen LogP contribution in [0, 0.1) is 0 Å². The van der Waals surface area contributed by atoms with Crippen molar-refractivity contribution in [3.05, 3.63) is 156 Å². The van der Waals surface area contributed by atoms with Crippen molar-refractivity contribution < 1.29 is 0 Å². The summed E-state index contributed by atoms with van der Waals surface area (Å²) in [5.74, 6) is 0. The molecule has 0 N–H and O–H groups in total. The van der Waals surface area contributed by atoms with Gasteiger partial charge in [-0.1, -0.05) is 127 Å². The highest BCUT2D eigenvalue weighted by molar-refractivity contribution is 6.12. The third kappa shape index (κ3) is 3.60. The Balaban J connectivity index is 1.60. The molecule has 0 amide bonds. The molecule has 8 rings (SSSR count). The first-order chi connectivity index (χ1) is 19.3. The lowest BCUT2D eigenvalue weighted by Gasteiger charge is -2.27. The molecule has 39 heavy (non-hydrogen) atoms. The highest BCUT2D eigenvalue weighted by atomic mass is 14.3. The molecule has 0 atom stereocenters. The second-order valence-electron chi connectivity index (χ2n) is 10.8. The van der Waals surface area contributed by atoms with E-state index in [1.165, 1.54) is 71.6 Å². The Morgan fingerprint density at radius 3 is 1.51 bits per heavy atom. The maximum Gasteiger partial charge on any atom is -0.00135 e. The number of fused-ring (bicyclic) bond motifs is 7. The number of benzene rings is 6. The minimum absolute atomic E-state index is 0.958. The molecule has 2 aliphatic rings. The lowest BCUT2D eigenvalue weighted by Crippen LogP contribution is -2.07. The van der Waals surface area contributed by atoms with Gasteiger partial charge >= 0.3 is 0 Å². The van der Waals surface area contributed by atoms with E-state index >= 15 is 0 Å². The van der Waals surface area contributed by atoms with Crippen LogP contribution in [0.1, 0.15) is 17.5 Å². The lowest BCUT2D eigenvalue weighted by molar-refractivity contribution is 1.03. The maximum atomic E-state index is 2.43. The monoisotopic (exact) mass is 496 g/mol. The average molecular weight is 497 g/mol. The fourth-order valence-electron chi connectivity index (χ4n) is 6.84. The van der Waals surface area contributed by atoms with Crippen molar-refractivity contribution in [2.24, 2.45) is 0 Å². The number of rotatable bonds is 2. The molecule has 0 fully saturated rings. The van der Waals surface area contributed by atoms with Gasteiger partial charge in [0.15, 0.2) is 0 Å². The zero-order valence-corrected chi connectivity index (χ0v) is 21.8. The van der Waals surface area contributed by atoms with Crippen LogP contribution in [0.25, 0.3) is 54.9 Å². The number of allylic oxidation sites excluding steroid dienone is 4. The molecular formula is C39H28. The van der Waals surface area contributed by atoms with Crippen LogP contribution in [-0.2, 0) is 12.8 Å². The first-order valence-corrected chi connectivity index (χ1v) is 13.9. The van der Waals surface area contributed by atoms with E-state index in [0.29, 0.717) is 0 Å². The van der Waals surface area contributed by atoms with Gasteiger partial charge in [-0.15, -0.1) is 0 Å². The Hall–Kier alpha value is -4.68. The zero-order valence-electron chi connectivity index (χ0n) is 21.8. The summed E-state index contributed by atoms with van der Waals surface area (Å²) < 4.78 is 0. The summed E-state index contributed by atoms with van der Waals surface area (Å²) in [6, 6.07) is 44.8. The fourth-order valence-corrected chi connectivity index (χ4v) is 6.84. The van der Waals surface area contributed by atoms with Crippen molar-refractivity contribution in [3.63, 3.8) is 0 Å². The van der Waals surface area contributed by atoms with Gasteiger partial charge in [0.2, 0.25) is 0 Å². The molecule has 2 aliphatic carbocycles. The van der Waals surface area contributed by atoms with E-state index in [1.54, 1.807) is 5.57 Å². The number of hydrogen-bond acceptors (Lipinski definition) is 0. The Morgan fingerprint density at radius 2 is 0.949 bits per heavy atom. The molecule has 6 aromatic carbocycles. The van der Waals surface area contributed by atoms with Gasteiger partial charge in [-0.3, -0.25) is 0 Å². The van der Waals surface area contributed by atoms with Gasteiger partial charge in [0, 0.05) is 0 Å². The average Bonchev–Trinajstić information content (AvgIpc) is 3.42. The van der Waals surface area contributed by atoms with E-state index < -0.39 is 0 Å². The summed E-state index contributed by atoms with van der Waals surface area (Å²) in [5.41, 5.74) is 14.0. The standard InChI is InChI=1S/C39H28/c1-3-12-26(13-4-1)34-24-30-16-7-9-20-32(30)38-36(34)22-28-18-11-19-29(28)23-37-35(27-14-5-2-6-15-27)25-31-17-8-10-21-33(31)39(37)38/h1-18,20-21,24-25H,19,22-23H2. The molecule has 0 saturated heterocycles. The van der Waals surface area contributed by atoms with Crippen LogP contribution in [0.2, 0.25) is 0 Å². The first-order valence-electron chi connectivity index (χ1n) is 13.9. The van der Waals surface area contributed by atoms with Gasteiger partial charge in [-0.25, -0.2) is 0 Å². The normalized spacial score (nSPS) is 14.2. The molecule has 184 valence electrons. The van der Waals surface area contributed by atoms with E-state index in [9.17, 15) is 0 Å². The van der Waals surface area contributed by atoms with Gasteiger partial charge in [0.1, 0.15) is 0 Å². The third-order valence-corrected chi connectivity index (χ3v) is 8.63. The molecule has 0 aromatic heterocycles. The van der Waals surface area contributed by atoms with Gasteiger partial charge in [0.05, 0.1) is 0 Å². The minimum Gasteiger partial charge on any atom is -0.0802 e. The molecule has 0 bridgehead atoms. The molecule has 0 aliphatic heterocycles. The van der Waals surface area contributed by atoms with E-state index in [2.05, 4.69) is 133 Å². The quantitative estimate of drug-likeness (QED) is 0.224. The zero-order chi connectivity index (χ0) is 25.8. The van der Waals surface area contributed by atoms with Crippen LogP contribution in [0.4, 0.5) is 0 Å². The van der Waals surface area contributed by atoms with Crippen molar-refractivity contribution >= 4 is 21.5 Å². The van der Waals surface area contributed by atoms with Crippen molar-refractivity contribution in [1.29, 1.82) is 0 Å². The summed E-state index contributed by atoms with van der Waals surface area (Å²) in [6.07, 6.45) is 7.73. The third-order valence-electron chi connectivity index (χ3n) is 8.63. The highest BCUT2D eigenvalue weighted by Crippen LogP contribution is 2.49. The predicted octanol–water partition coefficient (Wildman–Crippen LogP) is 10.3. The Kier molecular flexibility index (Phi) is 5.13. The van der Waals surface area contributed by atoms with Crippen LogP contribution in [0.5, 0.6) is 0 Å². The van der Waals surface area contributed by atoms with Crippen molar-refractivity contribution in [2.75, 3.05) is 0 Å². The smallest absolute Gasteiger partial charge is 0.00135 e. The molecule has 0 spiro atoms. The second-order valence-corrected chi connectivity index (χ2v) is 10.8. The van der Waals surface area contributed by atoms with Crippen LogP contribution < -0.4 is 0 Å². The van der Waals surface area contributed by atoms with Crippen molar-refractivity contribution in [1.82, 2.24) is 0 Å². The molecule has 0 radical (unpaired) electrons. The van der Waals surface area contributed by atoms with Gasteiger partial charge in [0.25, 0.3) is 0 Å². The summed E-state index contributed by atoms with van der Waals surface area (Å²) >= 11 is 0. The Morgan fingerprint density at radius 1 is 0.462 bits per heavy atom. The van der Waals surface area contributed by atoms with Crippen LogP contribution in [-0.4, -0.2) is 0 Å². The summed E-state index contributed by atoms with van der Waals surface area (Å²) in [7, 11) is 0. The summed E-state index contributed by atoms with van der Waals surface area (Å²) in [6.45, 7) is 0. The second kappa shape index (κ2) is 8.96. The molecule has 0 heterocycles. The SMILES string of the molecule is C1=CC2=C(C1)Cc1c(-c3ccccc3)cc3ccccc3c1-c1c(c(-c3ccccc3)cc3ccccc13)C2. The molecule has 0 unspecified atom stereocenters. The summed E-state index contributed by atoms with van der Waals surface area (Å²) in [5, 5.41) is 5.29. The van der Waals surface area contributed by atoms with E-state index in [0.717, 1.165) is 19.3 Å². The topological polar surface area (TPSA) is 0 Å². The van der Waals surface area contributed by atoms with E-state index in [4.69, 9.17) is 0 Å². The van der Waals surface area contributed by atoms with Crippen molar-refractivity contribution in [2.45, 2.75) is 19.3 Å². The first kappa shape index (κ1) is 22.3. The van der Waals surface area contributed by atoms with Gasteiger partial charge < -0.3 is 0 Å². The van der Waals surface area contributed by atoms with Crippen LogP contribution in [0.3, 0.4) is 0 Å². The summed E-state index contributed by atoms with van der Waals surface area (Å²) in [4.78, 5) is 0.